The highest BCUT2D eigenvalue weighted by molar-refractivity contribution is 9.09. The summed E-state index contributed by atoms with van der Waals surface area (Å²) in [6, 6.07) is 0. The van der Waals surface area contributed by atoms with Gasteiger partial charge in [-0.2, -0.15) is 0 Å². The van der Waals surface area contributed by atoms with Gasteiger partial charge in [-0.15, -0.1) is 0 Å². The number of nitrogens with zero attached hydrogens (tertiary/aromatic N) is 1. The van der Waals surface area contributed by atoms with E-state index in [2.05, 4.69) is 20.9 Å². The van der Waals surface area contributed by atoms with Gasteiger partial charge in [0.1, 0.15) is 0 Å². The molecule has 1 N–H and O–H groups in total. The molecular formula is C2H3BrN2S. The molecule has 0 saturated heterocycles. The molecule has 2 nitrogen and oxygen atoms in total. The average Bonchev–Trinajstić information content (AvgIpc) is 1.86. The molecule has 1 aliphatic heterocycles. The van der Waals surface area contributed by atoms with Gasteiger partial charge in [-0.3, -0.25) is 0 Å². The molecule has 34 valence electrons. The van der Waals surface area contributed by atoms with E-state index in [0.29, 0.717) is 0 Å². The lowest BCUT2D eigenvalue weighted by Crippen LogP contribution is -1.86. The Kier molecular flexibility index (Phi) is 1.26. The summed E-state index contributed by atoms with van der Waals surface area (Å²) in [5.41, 5.74) is 0. The third-order valence-corrected chi connectivity index (χ3v) is 1.61. The highest BCUT2D eigenvalue weighted by Crippen LogP contribution is 2.15. The van der Waals surface area contributed by atoms with Crippen LogP contribution in [-0.4, -0.2) is 3.33 Å². The van der Waals surface area contributed by atoms with Gasteiger partial charge in [0, 0.05) is 12.4 Å². The van der Waals surface area contributed by atoms with Crippen LogP contribution in [-0.2, 0) is 0 Å². The van der Waals surface area contributed by atoms with Gasteiger partial charge in [-0.25, -0.2) is 3.33 Å². The van der Waals surface area contributed by atoms with Crippen LogP contribution in [0.4, 0.5) is 0 Å². The van der Waals surface area contributed by atoms with Crippen LogP contribution >= 0.6 is 28.3 Å². The van der Waals surface area contributed by atoms with E-state index in [0.717, 1.165) is 0 Å². The van der Waals surface area contributed by atoms with Gasteiger partial charge in [-0.1, -0.05) is 0 Å². The molecule has 4 heteroatoms. The Labute approximate surface area is 49.2 Å². The largest absolute Gasteiger partial charge is 0.317 e. The van der Waals surface area contributed by atoms with E-state index in [-0.39, 0.29) is 0 Å². The fourth-order valence-electron chi connectivity index (χ4n) is 0.200. The van der Waals surface area contributed by atoms with E-state index < -0.39 is 0 Å². The molecule has 0 aliphatic carbocycles. The van der Waals surface area contributed by atoms with Gasteiger partial charge in [0.25, 0.3) is 0 Å². The zero-order valence-corrected chi connectivity index (χ0v) is 5.29. The summed E-state index contributed by atoms with van der Waals surface area (Å²) in [7, 11) is 0. The standard InChI is InChI=1S/C2H3BrN2S/c3-5-2-1-4-6-5/h1-2,4H. The zero-order valence-electron chi connectivity index (χ0n) is 2.89. The van der Waals surface area contributed by atoms with Crippen LogP contribution in [0.1, 0.15) is 0 Å². The highest BCUT2D eigenvalue weighted by Gasteiger charge is 1.95. The molecule has 0 bridgehead atoms. The maximum absolute atomic E-state index is 3.19. The normalized spacial score (nSPS) is 18.5. The van der Waals surface area contributed by atoms with E-state index >= 15 is 0 Å². The van der Waals surface area contributed by atoms with Gasteiger partial charge in [0.15, 0.2) is 0 Å². The van der Waals surface area contributed by atoms with Gasteiger partial charge < -0.3 is 4.72 Å². The summed E-state index contributed by atoms with van der Waals surface area (Å²) in [6.45, 7) is 0. The van der Waals surface area contributed by atoms with Crippen molar-refractivity contribution in [3.8, 4) is 0 Å². The van der Waals surface area contributed by atoms with E-state index in [4.69, 9.17) is 0 Å². The van der Waals surface area contributed by atoms with Crippen LogP contribution in [0.25, 0.3) is 0 Å². The fourth-order valence-corrected chi connectivity index (χ4v) is 0.913. The van der Waals surface area contributed by atoms with E-state index in [1.165, 1.54) is 12.1 Å². The molecule has 1 heterocycles. The molecule has 0 aromatic carbocycles. The third kappa shape index (κ3) is 0.815. The van der Waals surface area contributed by atoms with Crippen molar-refractivity contribution in [2.75, 3.05) is 0 Å². The van der Waals surface area contributed by atoms with Crippen molar-refractivity contribution in [3.63, 3.8) is 0 Å². The predicted molar refractivity (Wildman–Crippen MR) is 30.6 cm³/mol. The lowest BCUT2D eigenvalue weighted by molar-refractivity contribution is 1.10. The molecule has 0 spiro atoms. The zero-order chi connectivity index (χ0) is 4.41. The van der Waals surface area contributed by atoms with Gasteiger partial charge in [0.2, 0.25) is 0 Å². The summed E-state index contributed by atoms with van der Waals surface area (Å²) in [4.78, 5) is 0. The SMILES string of the molecule is BrN1C=CNS1. The lowest BCUT2D eigenvalue weighted by atomic mass is 11.0. The van der Waals surface area contributed by atoms with E-state index in [1.807, 2.05) is 12.4 Å². The smallest absolute Gasteiger partial charge is 0.0788 e. The molecule has 0 fully saturated rings. The van der Waals surface area contributed by atoms with Crippen molar-refractivity contribution < 1.29 is 0 Å². The summed E-state index contributed by atoms with van der Waals surface area (Å²) in [6.07, 6.45) is 3.73. The van der Waals surface area contributed by atoms with Crippen LogP contribution in [0.3, 0.4) is 0 Å². The molecule has 0 unspecified atom stereocenters. The highest BCUT2D eigenvalue weighted by atomic mass is 79.9. The third-order valence-electron chi connectivity index (χ3n) is 0.400. The predicted octanol–water partition coefficient (Wildman–Crippen LogP) is 1.24. The Morgan fingerprint density at radius 3 is 2.83 bits per heavy atom. The van der Waals surface area contributed by atoms with Crippen LogP contribution in [0.15, 0.2) is 12.4 Å². The van der Waals surface area contributed by atoms with Crippen molar-refractivity contribution in [3.05, 3.63) is 12.4 Å². The van der Waals surface area contributed by atoms with Crippen molar-refractivity contribution in [2.45, 2.75) is 0 Å². The van der Waals surface area contributed by atoms with Crippen LogP contribution in [0.5, 0.6) is 0 Å². The molecule has 0 atom stereocenters. The fraction of sp³-hybridized carbons (Fsp3) is 0. The Hall–Kier alpha value is 0.170. The number of halogens is 1. The molecule has 6 heavy (non-hydrogen) atoms. The molecule has 1 rings (SSSR count). The minimum absolute atomic E-state index is 1.49. The second kappa shape index (κ2) is 1.75. The summed E-state index contributed by atoms with van der Waals surface area (Å²) in [5.74, 6) is 0. The van der Waals surface area contributed by atoms with Gasteiger partial charge >= 0.3 is 0 Å². The second-order valence-corrected chi connectivity index (χ2v) is 2.84. The van der Waals surface area contributed by atoms with Crippen LogP contribution in [0.2, 0.25) is 0 Å². The van der Waals surface area contributed by atoms with Crippen molar-refractivity contribution in [2.24, 2.45) is 0 Å². The number of nitrogens with one attached hydrogen (secondary N) is 1. The molecular weight excluding hydrogens is 164 g/mol. The topological polar surface area (TPSA) is 15.3 Å². The minimum Gasteiger partial charge on any atom is -0.317 e. The van der Waals surface area contributed by atoms with Crippen molar-refractivity contribution in [1.29, 1.82) is 0 Å². The first-order valence-corrected chi connectivity index (χ1v) is 2.92. The summed E-state index contributed by atoms with van der Waals surface area (Å²) < 4.78 is 4.69. The quantitative estimate of drug-likeness (QED) is 0.431. The second-order valence-electron chi connectivity index (χ2n) is 0.797. The maximum atomic E-state index is 3.19. The molecule has 0 aromatic rings. The van der Waals surface area contributed by atoms with Gasteiger partial charge in [0.05, 0.1) is 28.3 Å². The molecule has 0 saturated carbocycles. The number of rotatable bonds is 0. The van der Waals surface area contributed by atoms with E-state index in [9.17, 15) is 0 Å². The van der Waals surface area contributed by atoms with Crippen molar-refractivity contribution >= 4 is 28.3 Å². The van der Waals surface area contributed by atoms with E-state index in [1.54, 1.807) is 3.33 Å². The number of hydrogen-bond acceptors (Lipinski definition) is 3. The Morgan fingerprint density at radius 1 is 1.83 bits per heavy atom. The monoisotopic (exact) mass is 166 g/mol. The molecule has 0 radical (unpaired) electrons. The number of hydrogen-bond donors (Lipinski definition) is 1. The molecule has 1 aliphatic rings. The summed E-state index contributed by atoms with van der Waals surface area (Å²) in [5, 5.41) is 0. The summed E-state index contributed by atoms with van der Waals surface area (Å²) >= 11 is 4.67. The minimum atomic E-state index is 1.49. The maximum Gasteiger partial charge on any atom is 0.0788 e. The molecule has 0 aromatic heterocycles. The Morgan fingerprint density at radius 2 is 2.67 bits per heavy atom. The van der Waals surface area contributed by atoms with Crippen molar-refractivity contribution in [1.82, 2.24) is 8.05 Å². The van der Waals surface area contributed by atoms with Crippen LogP contribution in [0, 0.1) is 0 Å². The van der Waals surface area contributed by atoms with Crippen LogP contribution < -0.4 is 4.72 Å². The van der Waals surface area contributed by atoms with Gasteiger partial charge in [-0.05, 0) is 0 Å². The Balaban J connectivity index is 2.38. The average molecular weight is 167 g/mol. The lowest BCUT2D eigenvalue weighted by Gasteiger charge is -1.95. The first-order chi connectivity index (χ1) is 2.89. The molecule has 0 amide bonds. The first-order valence-electron chi connectivity index (χ1n) is 1.44. The Bertz CT molecular complexity index is 73.9. The first kappa shape index (κ1) is 4.33.